The van der Waals surface area contributed by atoms with Crippen molar-refractivity contribution in [2.75, 3.05) is 6.61 Å². The number of hydrogen-bond donors (Lipinski definition) is 1. The highest BCUT2D eigenvalue weighted by atomic mass is 19.2. The number of aromatic hydroxyl groups is 1. The van der Waals surface area contributed by atoms with Gasteiger partial charge in [-0.05, 0) is 74.1 Å². The maximum atomic E-state index is 14.6. The number of Topliss-reactive ketones (excluding diaryl/α,β-unsaturated/α-hetero) is 1. The topological polar surface area (TPSA) is 46.5 Å². The Labute approximate surface area is 181 Å². The third kappa shape index (κ3) is 5.05. The third-order valence-corrected chi connectivity index (χ3v) is 6.15. The Bertz CT molecular complexity index is 934. The highest BCUT2D eigenvalue weighted by Crippen LogP contribution is 2.40. The van der Waals surface area contributed by atoms with Crippen molar-refractivity contribution in [2.24, 2.45) is 5.92 Å². The highest BCUT2D eigenvalue weighted by Gasteiger charge is 2.28. The van der Waals surface area contributed by atoms with E-state index in [0.29, 0.717) is 43.2 Å². The first-order chi connectivity index (χ1) is 14.9. The van der Waals surface area contributed by atoms with Crippen LogP contribution in [0, 0.1) is 23.4 Å². The van der Waals surface area contributed by atoms with Gasteiger partial charge in [-0.3, -0.25) is 4.79 Å². The lowest BCUT2D eigenvalue weighted by atomic mass is 9.76. The maximum Gasteiger partial charge on any atom is 0.207 e. The van der Waals surface area contributed by atoms with Crippen molar-refractivity contribution in [2.45, 2.75) is 64.7 Å². The van der Waals surface area contributed by atoms with Gasteiger partial charge < -0.3 is 9.84 Å². The number of rotatable bonds is 8. The summed E-state index contributed by atoms with van der Waals surface area (Å²) in [6.45, 7) is 3.87. The van der Waals surface area contributed by atoms with Gasteiger partial charge in [0.1, 0.15) is 0 Å². The summed E-state index contributed by atoms with van der Waals surface area (Å²) in [7, 11) is 0. The molecule has 1 fully saturated rings. The number of aryl methyl sites for hydroxylation is 1. The van der Waals surface area contributed by atoms with E-state index in [0.717, 1.165) is 6.42 Å². The van der Waals surface area contributed by atoms with E-state index in [2.05, 4.69) is 0 Å². The molecular formula is C25H29F3O3. The van der Waals surface area contributed by atoms with Crippen molar-refractivity contribution in [1.82, 2.24) is 0 Å². The molecular weight excluding hydrogens is 405 g/mol. The van der Waals surface area contributed by atoms with Gasteiger partial charge in [0.25, 0.3) is 0 Å². The lowest BCUT2D eigenvalue weighted by molar-refractivity contribution is 0.0944. The number of halogens is 3. The van der Waals surface area contributed by atoms with Crippen molar-refractivity contribution in [1.29, 1.82) is 0 Å². The predicted octanol–water partition coefficient (Wildman–Crippen LogP) is 6.71. The van der Waals surface area contributed by atoms with Crippen molar-refractivity contribution < 1.29 is 27.8 Å². The molecule has 168 valence electrons. The molecule has 0 aliphatic heterocycles. The molecule has 2 aromatic carbocycles. The monoisotopic (exact) mass is 434 g/mol. The van der Waals surface area contributed by atoms with Crippen LogP contribution in [0.4, 0.5) is 13.2 Å². The van der Waals surface area contributed by atoms with Gasteiger partial charge in [-0.2, -0.15) is 4.39 Å². The van der Waals surface area contributed by atoms with Gasteiger partial charge in [0.05, 0.1) is 12.2 Å². The summed E-state index contributed by atoms with van der Waals surface area (Å²) < 4.78 is 48.1. The summed E-state index contributed by atoms with van der Waals surface area (Å²) in [6.07, 6.45) is 4.14. The first-order valence-corrected chi connectivity index (χ1v) is 11.0. The molecule has 1 N–H and O–H groups in total. The minimum absolute atomic E-state index is 0.0531. The Morgan fingerprint density at radius 3 is 2.35 bits per heavy atom. The summed E-state index contributed by atoms with van der Waals surface area (Å²) >= 11 is 0. The summed E-state index contributed by atoms with van der Waals surface area (Å²) in [5, 5.41) is 10.1. The van der Waals surface area contributed by atoms with E-state index in [9.17, 15) is 23.1 Å². The molecule has 3 rings (SSSR count). The second-order valence-electron chi connectivity index (χ2n) is 8.24. The van der Waals surface area contributed by atoms with Crippen LogP contribution in [-0.2, 0) is 6.42 Å². The third-order valence-electron chi connectivity index (χ3n) is 6.15. The Balaban J connectivity index is 1.63. The molecule has 1 aliphatic carbocycles. The summed E-state index contributed by atoms with van der Waals surface area (Å²) in [5.74, 6) is -3.54. The van der Waals surface area contributed by atoms with Crippen LogP contribution in [0.15, 0.2) is 24.3 Å². The van der Waals surface area contributed by atoms with Crippen LogP contribution in [-0.4, -0.2) is 17.5 Å². The predicted molar refractivity (Wildman–Crippen MR) is 113 cm³/mol. The quantitative estimate of drug-likeness (QED) is 0.470. The van der Waals surface area contributed by atoms with Crippen molar-refractivity contribution in [3.05, 3.63) is 58.4 Å². The lowest BCUT2D eigenvalue weighted by Gasteiger charge is -2.29. The van der Waals surface area contributed by atoms with Crippen LogP contribution in [0.25, 0.3) is 0 Å². The second kappa shape index (κ2) is 10.2. The Hall–Kier alpha value is -2.50. The molecule has 6 heteroatoms. The highest BCUT2D eigenvalue weighted by molar-refractivity contribution is 5.99. The Morgan fingerprint density at radius 2 is 1.71 bits per heavy atom. The van der Waals surface area contributed by atoms with Gasteiger partial charge in [0.2, 0.25) is 5.82 Å². The number of benzene rings is 2. The number of ether oxygens (including phenoxy) is 1. The fourth-order valence-corrected chi connectivity index (χ4v) is 4.47. The number of hydrogen-bond acceptors (Lipinski definition) is 3. The SMILES string of the molecule is CCCc1ccc(C2CCC(CC(=O)c3ccc(OCC)c(F)c3O)CC2)c(F)c1F. The van der Waals surface area contributed by atoms with E-state index in [-0.39, 0.29) is 42.0 Å². The van der Waals surface area contributed by atoms with E-state index in [1.54, 1.807) is 19.1 Å². The smallest absolute Gasteiger partial charge is 0.207 e. The molecule has 0 bridgehead atoms. The van der Waals surface area contributed by atoms with Crippen LogP contribution < -0.4 is 4.74 Å². The largest absolute Gasteiger partial charge is 0.504 e. The minimum Gasteiger partial charge on any atom is -0.504 e. The molecule has 0 amide bonds. The van der Waals surface area contributed by atoms with Crippen LogP contribution in [0.3, 0.4) is 0 Å². The van der Waals surface area contributed by atoms with Crippen molar-refractivity contribution >= 4 is 5.78 Å². The molecule has 0 unspecified atom stereocenters. The van der Waals surface area contributed by atoms with Crippen LogP contribution in [0.5, 0.6) is 11.5 Å². The molecule has 0 saturated heterocycles. The van der Waals surface area contributed by atoms with E-state index >= 15 is 0 Å². The zero-order valence-corrected chi connectivity index (χ0v) is 18.0. The van der Waals surface area contributed by atoms with Crippen LogP contribution in [0.2, 0.25) is 0 Å². The standard InChI is InChI=1S/C25H29F3O3/c1-3-5-17-10-11-18(23(27)22(17)26)16-8-6-15(7-9-16)14-20(29)19-12-13-21(31-4-2)24(28)25(19)30/h10-13,15-16,30H,3-9,14H2,1-2H3. The fraction of sp³-hybridized carbons (Fsp3) is 0.480. The Kier molecular flexibility index (Phi) is 7.63. The molecule has 0 atom stereocenters. The van der Waals surface area contributed by atoms with Crippen molar-refractivity contribution in [3.63, 3.8) is 0 Å². The van der Waals surface area contributed by atoms with E-state index < -0.39 is 23.2 Å². The molecule has 2 aromatic rings. The molecule has 0 heterocycles. The van der Waals surface area contributed by atoms with Crippen LogP contribution in [0.1, 0.15) is 79.8 Å². The Morgan fingerprint density at radius 1 is 1.00 bits per heavy atom. The van der Waals surface area contributed by atoms with Crippen molar-refractivity contribution in [3.8, 4) is 11.5 Å². The van der Waals surface area contributed by atoms with Gasteiger partial charge >= 0.3 is 0 Å². The molecule has 31 heavy (non-hydrogen) atoms. The average Bonchev–Trinajstić information content (AvgIpc) is 2.76. The number of phenols is 1. The lowest BCUT2D eigenvalue weighted by Crippen LogP contribution is -2.18. The number of ketones is 1. The second-order valence-corrected chi connectivity index (χ2v) is 8.24. The summed E-state index contributed by atoms with van der Waals surface area (Å²) in [4.78, 5) is 12.6. The maximum absolute atomic E-state index is 14.6. The normalized spacial score (nSPS) is 18.7. The number of carbonyl (C=O) groups is 1. The zero-order valence-electron chi connectivity index (χ0n) is 18.0. The molecule has 3 nitrogen and oxygen atoms in total. The fourth-order valence-electron chi connectivity index (χ4n) is 4.47. The average molecular weight is 434 g/mol. The first kappa shape index (κ1) is 23.2. The molecule has 0 radical (unpaired) electrons. The van der Waals surface area contributed by atoms with E-state index in [1.165, 1.54) is 12.1 Å². The zero-order chi connectivity index (χ0) is 22.5. The number of phenolic OH excluding ortho intramolecular Hbond substituents is 1. The minimum atomic E-state index is -0.930. The van der Waals surface area contributed by atoms with Gasteiger partial charge in [-0.15, -0.1) is 0 Å². The van der Waals surface area contributed by atoms with Gasteiger partial charge in [-0.1, -0.05) is 25.5 Å². The first-order valence-electron chi connectivity index (χ1n) is 11.0. The summed E-state index contributed by atoms with van der Waals surface area (Å²) in [6, 6.07) is 6.10. The van der Waals surface area contributed by atoms with Gasteiger partial charge in [0.15, 0.2) is 28.9 Å². The van der Waals surface area contributed by atoms with Crippen LogP contribution >= 0.6 is 0 Å². The number of carbonyl (C=O) groups excluding carboxylic acids is 1. The van der Waals surface area contributed by atoms with Gasteiger partial charge in [-0.25, -0.2) is 8.78 Å². The van der Waals surface area contributed by atoms with E-state index in [4.69, 9.17) is 4.74 Å². The van der Waals surface area contributed by atoms with Gasteiger partial charge in [0, 0.05) is 6.42 Å². The molecule has 0 spiro atoms. The van der Waals surface area contributed by atoms with E-state index in [1.807, 2.05) is 6.92 Å². The molecule has 1 saturated carbocycles. The summed E-state index contributed by atoms with van der Waals surface area (Å²) in [5.41, 5.74) is 0.765. The molecule has 1 aliphatic rings. The molecule has 0 aromatic heterocycles.